The monoisotopic (exact) mass is 438 g/mol. The van der Waals surface area contributed by atoms with Gasteiger partial charge in [0.2, 0.25) is 0 Å². The lowest BCUT2D eigenvalue weighted by Crippen LogP contribution is -2.28. The first-order valence-corrected chi connectivity index (χ1v) is 11.5. The molecule has 0 bridgehead atoms. The summed E-state index contributed by atoms with van der Waals surface area (Å²) in [6.45, 7) is 4.65. The van der Waals surface area contributed by atoms with E-state index in [1.165, 1.54) is 16.4 Å². The smallest absolute Gasteiger partial charge is 0.278 e. The van der Waals surface area contributed by atoms with Gasteiger partial charge in [0.1, 0.15) is 16.5 Å². The first kappa shape index (κ1) is 20.7. The molecule has 1 aliphatic rings. The standard InChI is InChI=1S/C18H22N4O3S3/c1-10(2)6-7-22-18(24)15(16(23)17(26)20-22)13-9-27-14-8-11(21-28(3)25)4-5-12(14)19-13/h4-5,8-10,19,21,23H,6-7H2,1-3H3,(H,20,26). The van der Waals surface area contributed by atoms with Crippen LogP contribution in [0.3, 0.4) is 0 Å². The Hall–Kier alpha value is -2.04. The lowest BCUT2D eigenvalue weighted by atomic mass is 10.1. The Morgan fingerprint density at radius 2 is 2.14 bits per heavy atom. The van der Waals surface area contributed by atoms with Gasteiger partial charge in [-0.1, -0.05) is 37.8 Å². The summed E-state index contributed by atoms with van der Waals surface area (Å²) in [5, 5.41) is 18.2. The van der Waals surface area contributed by atoms with Crippen molar-refractivity contribution in [1.29, 1.82) is 0 Å². The van der Waals surface area contributed by atoms with Crippen molar-refractivity contribution in [1.82, 2.24) is 9.78 Å². The predicted octanol–water partition coefficient (Wildman–Crippen LogP) is 3.88. The minimum absolute atomic E-state index is 0.127. The van der Waals surface area contributed by atoms with E-state index < -0.39 is 11.0 Å². The van der Waals surface area contributed by atoms with Crippen molar-refractivity contribution < 1.29 is 9.32 Å². The number of benzene rings is 1. The van der Waals surface area contributed by atoms with E-state index in [-0.39, 0.29) is 21.5 Å². The van der Waals surface area contributed by atoms with Gasteiger partial charge in [-0.25, -0.2) is 4.21 Å². The molecule has 0 spiro atoms. The Kier molecular flexibility index (Phi) is 6.31. The fourth-order valence-electron chi connectivity index (χ4n) is 2.73. The molecule has 7 nitrogen and oxygen atoms in total. The van der Waals surface area contributed by atoms with Crippen LogP contribution >= 0.6 is 24.0 Å². The quantitative estimate of drug-likeness (QED) is 0.511. The molecule has 0 fully saturated rings. The van der Waals surface area contributed by atoms with Gasteiger partial charge in [-0.3, -0.25) is 14.6 Å². The summed E-state index contributed by atoms with van der Waals surface area (Å²) < 4.78 is 15.8. The van der Waals surface area contributed by atoms with Crippen LogP contribution in [0.1, 0.15) is 25.8 Å². The summed E-state index contributed by atoms with van der Waals surface area (Å²) in [5.41, 5.74) is 1.86. The van der Waals surface area contributed by atoms with Crippen LogP contribution in [-0.2, 0) is 17.5 Å². The Morgan fingerprint density at radius 1 is 1.39 bits per heavy atom. The highest BCUT2D eigenvalue weighted by atomic mass is 32.2. The molecule has 3 rings (SSSR count). The molecule has 0 aliphatic carbocycles. The van der Waals surface area contributed by atoms with Crippen LogP contribution < -0.4 is 15.6 Å². The van der Waals surface area contributed by atoms with Crippen molar-refractivity contribution in [2.45, 2.75) is 31.7 Å². The van der Waals surface area contributed by atoms with E-state index in [2.05, 4.69) is 29.0 Å². The maximum atomic E-state index is 12.9. The highest BCUT2D eigenvalue weighted by molar-refractivity contribution is 8.02. The normalized spacial score (nSPS) is 14.2. The number of thioether (sulfide) groups is 1. The summed E-state index contributed by atoms with van der Waals surface area (Å²) in [6, 6.07) is 5.51. The number of fused-ring (bicyclic) bond motifs is 1. The van der Waals surface area contributed by atoms with Gasteiger partial charge in [0.15, 0.2) is 10.4 Å². The van der Waals surface area contributed by atoms with Gasteiger partial charge < -0.3 is 15.1 Å². The number of nitrogens with one attached hydrogen (secondary N) is 3. The molecule has 2 heterocycles. The topological polar surface area (TPSA) is 99.2 Å². The molecule has 1 atom stereocenters. The second kappa shape index (κ2) is 8.54. The van der Waals surface area contributed by atoms with Crippen molar-refractivity contribution >= 4 is 52.0 Å². The maximum Gasteiger partial charge on any atom is 0.278 e. The summed E-state index contributed by atoms with van der Waals surface area (Å²) >= 11 is 6.62. The molecule has 0 amide bonds. The fraction of sp³-hybridized carbons (Fsp3) is 0.333. The SMILES string of the molecule is CC(C)CCn1[nH]c(=S)c(O)c(C2=CSc3cc(NS(C)=O)ccc3N2)c1=O. The molecule has 1 aliphatic heterocycles. The minimum Gasteiger partial charge on any atom is -0.504 e. The van der Waals surface area contributed by atoms with Crippen LogP contribution in [0.5, 0.6) is 5.75 Å². The molecule has 1 aromatic carbocycles. The molecule has 1 aromatic heterocycles. The van der Waals surface area contributed by atoms with E-state index in [1.54, 1.807) is 17.7 Å². The second-order valence-electron chi connectivity index (χ2n) is 6.85. The zero-order chi connectivity index (χ0) is 20.4. The molecule has 1 unspecified atom stereocenters. The second-order valence-corrected chi connectivity index (χ2v) is 9.28. The molecule has 0 saturated heterocycles. The molecule has 10 heteroatoms. The number of anilines is 2. The van der Waals surface area contributed by atoms with Crippen molar-refractivity contribution in [3.63, 3.8) is 0 Å². The summed E-state index contributed by atoms with van der Waals surface area (Å²) in [6.07, 6.45) is 2.38. The molecule has 150 valence electrons. The first-order valence-electron chi connectivity index (χ1n) is 8.70. The molecular weight excluding hydrogens is 416 g/mol. The lowest BCUT2D eigenvalue weighted by molar-refractivity contribution is 0.436. The van der Waals surface area contributed by atoms with Gasteiger partial charge in [0.25, 0.3) is 5.56 Å². The van der Waals surface area contributed by atoms with E-state index in [0.29, 0.717) is 18.2 Å². The third-order valence-electron chi connectivity index (χ3n) is 4.16. The molecule has 2 aromatic rings. The van der Waals surface area contributed by atoms with Crippen molar-refractivity contribution in [3.05, 3.63) is 44.2 Å². The van der Waals surface area contributed by atoms with Crippen molar-refractivity contribution in [2.24, 2.45) is 5.92 Å². The third kappa shape index (κ3) is 4.50. The predicted molar refractivity (Wildman–Crippen MR) is 119 cm³/mol. The van der Waals surface area contributed by atoms with Crippen LogP contribution in [-0.4, -0.2) is 25.4 Å². The molecule has 28 heavy (non-hydrogen) atoms. The van der Waals surface area contributed by atoms with Gasteiger partial charge >= 0.3 is 0 Å². The molecule has 4 N–H and O–H groups in total. The average molecular weight is 439 g/mol. The first-order chi connectivity index (χ1) is 13.3. The fourth-order valence-corrected chi connectivity index (χ4v) is 4.27. The van der Waals surface area contributed by atoms with Crippen LogP contribution in [0, 0.1) is 10.6 Å². The number of aromatic nitrogens is 2. The number of hydrogen-bond acceptors (Lipinski definition) is 6. The van der Waals surface area contributed by atoms with E-state index >= 15 is 0 Å². The average Bonchev–Trinajstić information content (AvgIpc) is 2.63. The summed E-state index contributed by atoms with van der Waals surface area (Å²) in [7, 11) is -1.16. The van der Waals surface area contributed by atoms with E-state index in [4.69, 9.17) is 12.2 Å². The van der Waals surface area contributed by atoms with E-state index in [1.807, 2.05) is 12.1 Å². The van der Waals surface area contributed by atoms with E-state index in [0.717, 1.165) is 22.7 Å². The maximum absolute atomic E-state index is 12.9. The van der Waals surface area contributed by atoms with Crippen LogP contribution in [0.4, 0.5) is 11.4 Å². The number of aromatic amines is 1. The Labute approximate surface area is 174 Å². The number of H-pyrrole nitrogens is 1. The Bertz CT molecular complexity index is 1070. The number of aromatic hydroxyl groups is 1. The highest BCUT2D eigenvalue weighted by Gasteiger charge is 2.21. The highest BCUT2D eigenvalue weighted by Crippen LogP contribution is 2.39. The van der Waals surface area contributed by atoms with Crippen LogP contribution in [0.15, 0.2) is 33.3 Å². The summed E-state index contributed by atoms with van der Waals surface area (Å²) in [5.74, 6) is 0.198. The lowest BCUT2D eigenvalue weighted by Gasteiger charge is -2.21. The largest absolute Gasteiger partial charge is 0.504 e. The summed E-state index contributed by atoms with van der Waals surface area (Å²) in [4.78, 5) is 13.8. The van der Waals surface area contributed by atoms with Gasteiger partial charge in [0, 0.05) is 28.8 Å². The van der Waals surface area contributed by atoms with Crippen molar-refractivity contribution in [2.75, 3.05) is 16.3 Å². The zero-order valence-electron chi connectivity index (χ0n) is 15.7. The Morgan fingerprint density at radius 3 is 2.82 bits per heavy atom. The number of hydrogen-bond donors (Lipinski definition) is 4. The Balaban J connectivity index is 1.96. The van der Waals surface area contributed by atoms with Gasteiger partial charge in [-0.05, 0) is 30.5 Å². The van der Waals surface area contributed by atoms with Gasteiger partial charge in [0.05, 0.1) is 11.4 Å². The number of rotatable bonds is 6. The molecule has 0 saturated carbocycles. The van der Waals surface area contributed by atoms with Crippen LogP contribution in [0.25, 0.3) is 5.70 Å². The molecule has 0 radical (unpaired) electrons. The minimum atomic E-state index is -1.16. The van der Waals surface area contributed by atoms with Gasteiger partial charge in [-0.2, -0.15) is 0 Å². The van der Waals surface area contributed by atoms with Crippen LogP contribution in [0.2, 0.25) is 0 Å². The van der Waals surface area contributed by atoms with Gasteiger partial charge in [-0.15, -0.1) is 0 Å². The van der Waals surface area contributed by atoms with Crippen molar-refractivity contribution in [3.8, 4) is 5.75 Å². The third-order valence-corrected chi connectivity index (χ3v) is 5.92. The molecular formula is C18H22N4O3S3. The zero-order valence-corrected chi connectivity index (χ0v) is 18.2. The number of nitrogens with zero attached hydrogens (tertiary/aromatic N) is 1. The van der Waals surface area contributed by atoms with E-state index in [9.17, 15) is 14.1 Å². The number of aryl methyl sites for hydroxylation is 1.